The molecule has 1 saturated carbocycles. The number of hydrogen-bond donors (Lipinski definition) is 0. The molecule has 3 heterocycles. The van der Waals surface area contributed by atoms with Crippen LogP contribution in [0.4, 0.5) is 5.69 Å². The van der Waals surface area contributed by atoms with E-state index in [1.54, 1.807) is 25.4 Å². The Kier molecular flexibility index (Phi) is 6.80. The smallest absolute Gasteiger partial charge is 0.270 e. The van der Waals surface area contributed by atoms with E-state index in [4.69, 9.17) is 9.25 Å². The van der Waals surface area contributed by atoms with E-state index in [9.17, 15) is 15.3 Å². The van der Waals surface area contributed by atoms with Gasteiger partial charge in [0.1, 0.15) is 46.5 Å². The number of anilines is 1. The lowest BCUT2D eigenvalue weighted by Gasteiger charge is -2.36. The predicted octanol–water partition coefficient (Wildman–Crippen LogP) is 3.88. The number of nitrogens with zero attached hydrogens (tertiary/aromatic N) is 7. The van der Waals surface area contributed by atoms with Gasteiger partial charge in [-0.15, -0.1) is 0 Å². The van der Waals surface area contributed by atoms with Crippen LogP contribution in [0.5, 0.6) is 0 Å². The van der Waals surface area contributed by atoms with E-state index >= 15 is 0 Å². The Hall–Kier alpha value is -4.18. The van der Waals surface area contributed by atoms with Crippen LogP contribution in [0.3, 0.4) is 0 Å². The molecule has 4 rings (SSSR count). The second kappa shape index (κ2) is 9.82. The predicted molar refractivity (Wildman–Crippen MR) is 134 cm³/mol. The average Bonchev–Trinajstić information content (AvgIpc) is 3.39. The molecule has 1 aliphatic rings. The molecule has 0 radical (unpaired) electrons. The van der Waals surface area contributed by atoms with Gasteiger partial charge in [0.2, 0.25) is 5.89 Å². The molecule has 0 aliphatic heterocycles. The van der Waals surface area contributed by atoms with E-state index < -0.39 is 5.60 Å². The first-order valence-corrected chi connectivity index (χ1v) is 11.9. The number of pyridine rings is 2. The molecular weight excluding hydrogens is 458 g/mol. The number of rotatable bonds is 5. The second-order valence-electron chi connectivity index (χ2n) is 10.0. The molecule has 10 nitrogen and oxygen atoms in total. The van der Waals surface area contributed by atoms with Gasteiger partial charge in [-0.1, -0.05) is 5.16 Å². The van der Waals surface area contributed by atoms with E-state index in [1.807, 2.05) is 32.7 Å². The highest BCUT2D eigenvalue weighted by molar-refractivity contribution is 5.98. The van der Waals surface area contributed by atoms with Crippen LogP contribution in [0.25, 0.3) is 11.0 Å². The summed E-state index contributed by atoms with van der Waals surface area (Å²) < 4.78 is 6.95. The summed E-state index contributed by atoms with van der Waals surface area (Å²) in [5.74, 6) is 0.545. The van der Waals surface area contributed by atoms with Crippen molar-refractivity contribution in [2.75, 3.05) is 11.9 Å². The highest BCUT2D eigenvalue weighted by atomic mass is 16.6. The molecule has 0 aromatic carbocycles. The van der Waals surface area contributed by atoms with E-state index in [0.29, 0.717) is 28.3 Å². The minimum atomic E-state index is -0.446. The zero-order valence-corrected chi connectivity index (χ0v) is 21.1. The number of oxazole rings is 1. The SMILES string of the molecule is CN(c1c(C#N)c(=O)n(C)c2ccc(C#N)nc12)C1CCC(/C(=N/OC(C)(C)C)c2ncco2)CC1. The fourth-order valence-electron chi connectivity index (χ4n) is 4.64. The summed E-state index contributed by atoms with van der Waals surface area (Å²) in [5.41, 5.74) is 1.63. The molecule has 10 heteroatoms. The Bertz CT molecular complexity index is 1430. The summed E-state index contributed by atoms with van der Waals surface area (Å²) in [6.07, 6.45) is 6.28. The quantitative estimate of drug-likeness (QED) is 0.391. The lowest BCUT2D eigenvalue weighted by atomic mass is 9.82. The van der Waals surface area contributed by atoms with Crippen LogP contribution < -0.4 is 10.5 Å². The summed E-state index contributed by atoms with van der Waals surface area (Å²) in [5, 5.41) is 23.7. The zero-order chi connectivity index (χ0) is 26.0. The van der Waals surface area contributed by atoms with Crippen molar-refractivity contribution in [2.45, 2.75) is 58.1 Å². The van der Waals surface area contributed by atoms with Gasteiger partial charge in [-0.2, -0.15) is 10.5 Å². The largest absolute Gasteiger partial charge is 0.443 e. The molecule has 0 spiro atoms. The Balaban J connectivity index is 1.65. The number of fused-ring (bicyclic) bond motifs is 1. The van der Waals surface area contributed by atoms with E-state index in [0.717, 1.165) is 25.7 Å². The lowest BCUT2D eigenvalue weighted by Crippen LogP contribution is -2.39. The maximum Gasteiger partial charge on any atom is 0.270 e. The first-order chi connectivity index (χ1) is 17.1. The van der Waals surface area contributed by atoms with Crippen LogP contribution in [0.1, 0.15) is 63.6 Å². The van der Waals surface area contributed by atoms with Crippen LogP contribution in [0, 0.1) is 28.6 Å². The highest BCUT2D eigenvalue weighted by Crippen LogP contribution is 2.35. The molecule has 186 valence electrons. The van der Waals surface area contributed by atoms with Crippen molar-refractivity contribution in [3.63, 3.8) is 0 Å². The Morgan fingerprint density at radius 1 is 1.22 bits per heavy atom. The number of nitriles is 2. The Morgan fingerprint density at radius 2 is 1.94 bits per heavy atom. The molecule has 3 aromatic rings. The van der Waals surface area contributed by atoms with Crippen molar-refractivity contribution >= 4 is 22.4 Å². The third kappa shape index (κ3) is 4.80. The van der Waals surface area contributed by atoms with Gasteiger partial charge in [-0.05, 0) is 58.6 Å². The van der Waals surface area contributed by atoms with E-state index in [1.165, 1.54) is 10.8 Å². The first-order valence-electron chi connectivity index (χ1n) is 11.9. The molecular formula is C26H29N7O3. The standard InChI is InChI=1S/C26H29N7O3/c1-26(2,3)36-31-21(24-29-12-13-35-24)16-6-9-18(10-7-16)32(4)23-19(15-28)25(34)33(5)20-11-8-17(14-27)30-22(20)23/h8,11-13,16,18H,6-7,9-10H2,1-5H3/b31-21-. The van der Waals surface area contributed by atoms with Crippen LogP contribution in [-0.2, 0) is 11.9 Å². The van der Waals surface area contributed by atoms with Gasteiger partial charge in [0.05, 0.1) is 17.4 Å². The van der Waals surface area contributed by atoms with Gasteiger partial charge in [-0.3, -0.25) is 4.79 Å². The van der Waals surface area contributed by atoms with Crippen molar-refractivity contribution in [1.82, 2.24) is 14.5 Å². The average molecular weight is 488 g/mol. The summed E-state index contributed by atoms with van der Waals surface area (Å²) >= 11 is 0. The number of hydrogen-bond acceptors (Lipinski definition) is 9. The molecule has 0 saturated heterocycles. The van der Waals surface area contributed by atoms with Crippen LogP contribution in [0.2, 0.25) is 0 Å². The van der Waals surface area contributed by atoms with E-state index in [2.05, 4.69) is 27.3 Å². The lowest BCUT2D eigenvalue weighted by molar-refractivity contribution is -0.000298. The number of aryl methyl sites for hydroxylation is 1. The van der Waals surface area contributed by atoms with Gasteiger partial charge in [0.15, 0.2) is 0 Å². The second-order valence-corrected chi connectivity index (χ2v) is 10.0. The molecule has 0 amide bonds. The molecule has 0 unspecified atom stereocenters. The van der Waals surface area contributed by atoms with Gasteiger partial charge in [-0.25, -0.2) is 9.97 Å². The van der Waals surface area contributed by atoms with Crippen LogP contribution in [0.15, 0.2) is 39.0 Å². The molecule has 1 fully saturated rings. The third-order valence-electron chi connectivity index (χ3n) is 6.49. The van der Waals surface area contributed by atoms with Gasteiger partial charge < -0.3 is 18.7 Å². The normalized spacial score (nSPS) is 18.5. The number of oxime groups is 1. The van der Waals surface area contributed by atoms with Crippen molar-refractivity contribution < 1.29 is 9.25 Å². The van der Waals surface area contributed by atoms with Crippen molar-refractivity contribution in [1.29, 1.82) is 10.5 Å². The Morgan fingerprint density at radius 3 is 2.53 bits per heavy atom. The topological polar surface area (TPSA) is 133 Å². The molecule has 0 N–H and O–H groups in total. The fraction of sp³-hybridized carbons (Fsp3) is 0.462. The van der Waals surface area contributed by atoms with Crippen molar-refractivity contribution in [3.05, 3.63) is 52.1 Å². The molecule has 36 heavy (non-hydrogen) atoms. The molecule has 3 aromatic heterocycles. The maximum absolute atomic E-state index is 13.0. The summed E-state index contributed by atoms with van der Waals surface area (Å²) in [6, 6.07) is 7.46. The monoisotopic (exact) mass is 487 g/mol. The third-order valence-corrected chi connectivity index (χ3v) is 6.49. The highest BCUT2D eigenvalue weighted by Gasteiger charge is 2.32. The minimum Gasteiger partial charge on any atom is -0.443 e. The van der Waals surface area contributed by atoms with Crippen LogP contribution in [-0.4, -0.2) is 38.9 Å². The fourth-order valence-corrected chi connectivity index (χ4v) is 4.64. The van der Waals surface area contributed by atoms with Crippen molar-refractivity contribution in [3.8, 4) is 12.1 Å². The first kappa shape index (κ1) is 24.9. The summed E-state index contributed by atoms with van der Waals surface area (Å²) in [4.78, 5) is 29.4. The maximum atomic E-state index is 13.0. The molecule has 1 aliphatic carbocycles. The summed E-state index contributed by atoms with van der Waals surface area (Å²) in [6.45, 7) is 5.80. The summed E-state index contributed by atoms with van der Waals surface area (Å²) in [7, 11) is 3.49. The Labute approximate surface area is 209 Å². The van der Waals surface area contributed by atoms with E-state index in [-0.39, 0.29) is 28.8 Å². The number of aromatic nitrogens is 3. The van der Waals surface area contributed by atoms with Gasteiger partial charge in [0, 0.05) is 26.1 Å². The minimum absolute atomic E-state index is 0.0258. The van der Waals surface area contributed by atoms with Crippen molar-refractivity contribution in [2.24, 2.45) is 18.1 Å². The molecule has 0 bridgehead atoms. The van der Waals surface area contributed by atoms with Gasteiger partial charge in [0.25, 0.3) is 5.56 Å². The molecule has 0 atom stereocenters. The van der Waals surface area contributed by atoms with Gasteiger partial charge >= 0.3 is 0 Å². The van der Waals surface area contributed by atoms with Crippen LogP contribution >= 0.6 is 0 Å². The zero-order valence-electron chi connectivity index (χ0n) is 21.1.